The van der Waals surface area contributed by atoms with E-state index in [1.54, 1.807) is 7.11 Å². The standard InChI is InChI=1S/C17H25N3O/c1-21-11-9-19-13-17-4-2-3-10-20(17)14-16-7-5-15(12-18)6-8-16/h5-8,17,19H,2-4,9-11,13-14H2,1H3. The maximum Gasteiger partial charge on any atom is 0.0991 e. The average molecular weight is 287 g/mol. The molecule has 1 fully saturated rings. The summed E-state index contributed by atoms with van der Waals surface area (Å²) in [6, 6.07) is 10.7. The third-order valence-electron chi connectivity index (χ3n) is 4.08. The number of nitrogens with zero attached hydrogens (tertiary/aromatic N) is 2. The molecule has 1 aromatic carbocycles. The molecular weight excluding hydrogens is 262 g/mol. The van der Waals surface area contributed by atoms with E-state index in [1.165, 1.54) is 24.8 Å². The van der Waals surface area contributed by atoms with Crippen molar-refractivity contribution in [2.45, 2.75) is 31.8 Å². The molecule has 0 amide bonds. The van der Waals surface area contributed by atoms with Gasteiger partial charge in [0.05, 0.1) is 18.2 Å². The number of piperidine rings is 1. The van der Waals surface area contributed by atoms with E-state index in [4.69, 9.17) is 10.00 Å². The number of methoxy groups -OCH3 is 1. The monoisotopic (exact) mass is 287 g/mol. The fraction of sp³-hybridized carbons (Fsp3) is 0.588. The summed E-state index contributed by atoms with van der Waals surface area (Å²) < 4.78 is 5.07. The zero-order chi connectivity index (χ0) is 14.9. The first-order chi connectivity index (χ1) is 10.3. The first kappa shape index (κ1) is 16.0. The van der Waals surface area contributed by atoms with E-state index in [1.807, 2.05) is 12.1 Å². The van der Waals surface area contributed by atoms with Gasteiger partial charge in [0.1, 0.15) is 0 Å². The summed E-state index contributed by atoms with van der Waals surface area (Å²) in [4.78, 5) is 2.56. The van der Waals surface area contributed by atoms with Gasteiger partial charge < -0.3 is 10.1 Å². The lowest BCUT2D eigenvalue weighted by Crippen LogP contribution is -2.45. The molecule has 0 radical (unpaired) electrons. The maximum atomic E-state index is 8.85. The van der Waals surface area contributed by atoms with Gasteiger partial charge in [-0.2, -0.15) is 5.26 Å². The van der Waals surface area contributed by atoms with Crippen molar-refractivity contribution in [3.8, 4) is 6.07 Å². The third-order valence-corrected chi connectivity index (χ3v) is 4.08. The van der Waals surface area contributed by atoms with Gasteiger partial charge in [-0.3, -0.25) is 4.90 Å². The van der Waals surface area contributed by atoms with Crippen LogP contribution in [-0.4, -0.2) is 44.3 Å². The Kier molecular flexibility index (Phi) is 6.68. The second-order valence-electron chi connectivity index (χ2n) is 5.63. The fourth-order valence-corrected chi connectivity index (χ4v) is 2.86. The van der Waals surface area contributed by atoms with Gasteiger partial charge >= 0.3 is 0 Å². The van der Waals surface area contributed by atoms with Gasteiger partial charge in [-0.15, -0.1) is 0 Å². The lowest BCUT2D eigenvalue weighted by molar-refractivity contribution is 0.133. The highest BCUT2D eigenvalue weighted by atomic mass is 16.5. The topological polar surface area (TPSA) is 48.3 Å². The smallest absolute Gasteiger partial charge is 0.0991 e. The summed E-state index contributed by atoms with van der Waals surface area (Å²) in [6.07, 6.45) is 3.86. The Morgan fingerprint density at radius 1 is 1.33 bits per heavy atom. The van der Waals surface area contributed by atoms with E-state index in [-0.39, 0.29) is 0 Å². The second kappa shape index (κ2) is 8.78. The van der Waals surface area contributed by atoms with Crippen molar-refractivity contribution in [1.82, 2.24) is 10.2 Å². The first-order valence-electron chi connectivity index (χ1n) is 7.76. The molecule has 0 spiro atoms. The Labute approximate surface area is 127 Å². The predicted octanol–water partition coefficient (Wildman–Crippen LogP) is 2.15. The Balaban J connectivity index is 1.87. The van der Waals surface area contributed by atoms with Crippen molar-refractivity contribution in [3.63, 3.8) is 0 Å². The molecule has 1 aliphatic rings. The molecule has 1 aliphatic heterocycles. The van der Waals surface area contributed by atoms with Crippen molar-refractivity contribution < 1.29 is 4.74 Å². The van der Waals surface area contributed by atoms with Gasteiger partial charge in [-0.05, 0) is 37.1 Å². The summed E-state index contributed by atoms with van der Waals surface area (Å²) in [6.45, 7) is 4.85. The molecular formula is C17H25N3O. The largest absolute Gasteiger partial charge is 0.383 e. The SMILES string of the molecule is COCCNCC1CCCCN1Cc1ccc(C#N)cc1. The van der Waals surface area contributed by atoms with Gasteiger partial charge in [0.25, 0.3) is 0 Å². The minimum atomic E-state index is 0.603. The van der Waals surface area contributed by atoms with Crippen molar-refractivity contribution in [2.75, 3.05) is 33.4 Å². The van der Waals surface area contributed by atoms with Crippen LogP contribution in [0.2, 0.25) is 0 Å². The van der Waals surface area contributed by atoms with Crippen LogP contribution >= 0.6 is 0 Å². The van der Waals surface area contributed by atoms with Crippen LogP contribution in [0.25, 0.3) is 0 Å². The first-order valence-corrected chi connectivity index (χ1v) is 7.76. The van der Waals surface area contributed by atoms with Crippen LogP contribution < -0.4 is 5.32 Å². The molecule has 1 N–H and O–H groups in total. The third kappa shape index (κ3) is 5.13. The van der Waals surface area contributed by atoms with Crippen LogP contribution in [0.1, 0.15) is 30.4 Å². The molecule has 21 heavy (non-hydrogen) atoms. The zero-order valence-electron chi connectivity index (χ0n) is 12.8. The number of hydrogen-bond acceptors (Lipinski definition) is 4. The summed E-state index contributed by atoms with van der Waals surface area (Å²) in [7, 11) is 1.74. The van der Waals surface area contributed by atoms with E-state index in [9.17, 15) is 0 Å². The highest BCUT2D eigenvalue weighted by Gasteiger charge is 2.21. The number of benzene rings is 1. The van der Waals surface area contributed by atoms with E-state index >= 15 is 0 Å². The zero-order valence-corrected chi connectivity index (χ0v) is 12.8. The summed E-state index contributed by atoms with van der Waals surface area (Å²) >= 11 is 0. The van der Waals surface area contributed by atoms with Crippen molar-refractivity contribution >= 4 is 0 Å². The van der Waals surface area contributed by atoms with E-state index < -0.39 is 0 Å². The van der Waals surface area contributed by atoms with Crippen LogP contribution in [0.5, 0.6) is 0 Å². The molecule has 1 aromatic rings. The average Bonchev–Trinajstić information content (AvgIpc) is 2.54. The molecule has 0 bridgehead atoms. The molecule has 2 rings (SSSR count). The lowest BCUT2D eigenvalue weighted by Gasteiger charge is -2.36. The quantitative estimate of drug-likeness (QED) is 0.781. The summed E-state index contributed by atoms with van der Waals surface area (Å²) in [5.41, 5.74) is 2.02. The fourth-order valence-electron chi connectivity index (χ4n) is 2.86. The summed E-state index contributed by atoms with van der Waals surface area (Å²) in [5, 5.41) is 12.3. The normalized spacial score (nSPS) is 19.3. The molecule has 0 aliphatic carbocycles. The second-order valence-corrected chi connectivity index (χ2v) is 5.63. The van der Waals surface area contributed by atoms with Crippen molar-refractivity contribution in [3.05, 3.63) is 35.4 Å². The Bertz CT molecular complexity index is 452. The Hall–Kier alpha value is -1.41. The van der Waals surface area contributed by atoms with Gasteiger partial charge in [-0.25, -0.2) is 0 Å². The molecule has 4 heteroatoms. The predicted molar refractivity (Wildman–Crippen MR) is 84.0 cm³/mol. The number of nitriles is 1. The lowest BCUT2D eigenvalue weighted by atomic mass is 10.0. The van der Waals surface area contributed by atoms with Crippen LogP contribution in [0.15, 0.2) is 24.3 Å². The van der Waals surface area contributed by atoms with Gasteiger partial charge in [0, 0.05) is 32.8 Å². The Morgan fingerprint density at radius 3 is 2.86 bits per heavy atom. The highest BCUT2D eigenvalue weighted by molar-refractivity contribution is 5.31. The minimum Gasteiger partial charge on any atom is -0.383 e. The van der Waals surface area contributed by atoms with E-state index in [0.717, 1.165) is 38.3 Å². The van der Waals surface area contributed by atoms with Crippen LogP contribution in [0, 0.1) is 11.3 Å². The van der Waals surface area contributed by atoms with E-state index in [0.29, 0.717) is 6.04 Å². The van der Waals surface area contributed by atoms with Crippen molar-refractivity contribution in [2.24, 2.45) is 0 Å². The molecule has 1 atom stereocenters. The molecule has 4 nitrogen and oxygen atoms in total. The number of rotatable bonds is 7. The van der Waals surface area contributed by atoms with Crippen LogP contribution in [0.3, 0.4) is 0 Å². The molecule has 0 aromatic heterocycles. The number of hydrogen-bond donors (Lipinski definition) is 1. The van der Waals surface area contributed by atoms with Gasteiger partial charge in [0.15, 0.2) is 0 Å². The highest BCUT2D eigenvalue weighted by Crippen LogP contribution is 2.19. The number of nitrogens with one attached hydrogen (secondary N) is 1. The van der Waals surface area contributed by atoms with Crippen molar-refractivity contribution in [1.29, 1.82) is 5.26 Å². The minimum absolute atomic E-state index is 0.603. The molecule has 1 saturated heterocycles. The van der Waals surface area contributed by atoms with Crippen LogP contribution in [-0.2, 0) is 11.3 Å². The molecule has 0 saturated carbocycles. The number of ether oxygens (including phenoxy) is 1. The van der Waals surface area contributed by atoms with Gasteiger partial charge in [-0.1, -0.05) is 18.6 Å². The Morgan fingerprint density at radius 2 is 2.14 bits per heavy atom. The molecule has 114 valence electrons. The van der Waals surface area contributed by atoms with Gasteiger partial charge in [0.2, 0.25) is 0 Å². The number of likely N-dealkylation sites (tertiary alicyclic amines) is 1. The maximum absolute atomic E-state index is 8.85. The van der Waals surface area contributed by atoms with E-state index in [2.05, 4.69) is 28.4 Å². The molecule has 1 unspecified atom stereocenters. The summed E-state index contributed by atoms with van der Waals surface area (Å²) in [5.74, 6) is 0. The molecule has 1 heterocycles. The van der Waals surface area contributed by atoms with Crippen LogP contribution in [0.4, 0.5) is 0 Å².